The third kappa shape index (κ3) is 3.54. The smallest absolute Gasteiger partial charge is 0.320 e. The van der Waals surface area contributed by atoms with Crippen LogP contribution < -0.4 is 0 Å². The molecule has 0 radical (unpaired) electrons. The van der Waals surface area contributed by atoms with Gasteiger partial charge in [0.15, 0.2) is 0 Å². The number of likely N-dealkylation sites (tertiary alicyclic amines) is 1. The number of amides is 2. The van der Waals surface area contributed by atoms with Gasteiger partial charge in [-0.25, -0.2) is 4.79 Å². The van der Waals surface area contributed by atoms with E-state index in [4.69, 9.17) is 0 Å². The lowest BCUT2D eigenvalue weighted by atomic mass is 10.2. The molecule has 0 N–H and O–H groups in total. The highest BCUT2D eigenvalue weighted by Gasteiger charge is 2.28. The number of nitrogens with zero attached hydrogens (tertiary/aromatic N) is 2. The number of hydrogen-bond donors (Lipinski definition) is 0. The van der Waals surface area contributed by atoms with Crippen molar-refractivity contribution < 1.29 is 4.79 Å². The fourth-order valence-corrected chi connectivity index (χ4v) is 4.12. The predicted molar refractivity (Wildman–Crippen MR) is 73.5 cm³/mol. The van der Waals surface area contributed by atoms with Crippen molar-refractivity contribution >= 4 is 17.8 Å². The van der Waals surface area contributed by atoms with Crippen LogP contribution >= 0.6 is 11.8 Å². The molecule has 2 saturated heterocycles. The van der Waals surface area contributed by atoms with Crippen LogP contribution in [0, 0.1) is 0 Å². The Hall–Kier alpha value is -0.380. The first-order chi connectivity index (χ1) is 8.16. The standard InChI is InChI=1S/C13H24N2OS/c1-11-9-15(10-12(2)17-11)13(16)14-7-5-3-4-6-8-14/h11-12H,3-10H2,1-2H3. The Kier molecular flexibility index (Phi) is 4.60. The molecule has 2 rings (SSSR count). The predicted octanol–water partition coefficient (Wildman–Crippen LogP) is 2.81. The third-order valence-electron chi connectivity index (χ3n) is 3.57. The number of carbonyl (C=O) groups excluding carboxylic acids is 1. The molecular weight excluding hydrogens is 232 g/mol. The Morgan fingerprint density at radius 2 is 1.47 bits per heavy atom. The molecule has 0 aromatic heterocycles. The fourth-order valence-electron chi connectivity index (χ4n) is 2.80. The zero-order valence-electron chi connectivity index (χ0n) is 11.0. The maximum atomic E-state index is 12.4. The molecule has 2 aliphatic heterocycles. The molecule has 0 aromatic carbocycles. The van der Waals surface area contributed by atoms with Gasteiger partial charge in [0.05, 0.1) is 0 Å². The van der Waals surface area contributed by atoms with E-state index in [-0.39, 0.29) is 6.03 Å². The highest BCUT2D eigenvalue weighted by atomic mass is 32.2. The van der Waals surface area contributed by atoms with Crippen LogP contribution in [0.4, 0.5) is 4.79 Å². The average molecular weight is 256 g/mol. The van der Waals surface area contributed by atoms with Crippen LogP contribution in [0.2, 0.25) is 0 Å². The highest BCUT2D eigenvalue weighted by Crippen LogP contribution is 2.25. The van der Waals surface area contributed by atoms with Crippen molar-refractivity contribution in [3.63, 3.8) is 0 Å². The molecular formula is C13H24N2OS. The van der Waals surface area contributed by atoms with Gasteiger partial charge in [-0.3, -0.25) is 0 Å². The van der Waals surface area contributed by atoms with Crippen molar-refractivity contribution in [3.05, 3.63) is 0 Å². The van der Waals surface area contributed by atoms with Crippen molar-refractivity contribution in [2.24, 2.45) is 0 Å². The van der Waals surface area contributed by atoms with Gasteiger partial charge in [0.25, 0.3) is 0 Å². The molecule has 2 heterocycles. The number of rotatable bonds is 0. The van der Waals surface area contributed by atoms with Crippen LogP contribution in [-0.2, 0) is 0 Å². The minimum Gasteiger partial charge on any atom is -0.325 e. The van der Waals surface area contributed by atoms with Gasteiger partial charge in [-0.2, -0.15) is 11.8 Å². The van der Waals surface area contributed by atoms with E-state index in [0.29, 0.717) is 10.5 Å². The zero-order chi connectivity index (χ0) is 12.3. The molecule has 2 fully saturated rings. The fraction of sp³-hybridized carbons (Fsp3) is 0.923. The van der Waals surface area contributed by atoms with Gasteiger partial charge in [0.1, 0.15) is 0 Å². The molecule has 2 aliphatic rings. The van der Waals surface area contributed by atoms with Gasteiger partial charge in [-0.05, 0) is 12.8 Å². The molecule has 0 bridgehead atoms. The maximum absolute atomic E-state index is 12.4. The van der Waals surface area contributed by atoms with E-state index in [1.54, 1.807) is 0 Å². The van der Waals surface area contributed by atoms with Crippen LogP contribution in [0.15, 0.2) is 0 Å². The lowest BCUT2D eigenvalue weighted by Gasteiger charge is -2.37. The van der Waals surface area contributed by atoms with Crippen LogP contribution in [-0.4, -0.2) is 52.5 Å². The molecule has 4 heteroatoms. The topological polar surface area (TPSA) is 23.6 Å². The molecule has 2 amide bonds. The van der Waals surface area contributed by atoms with Gasteiger partial charge >= 0.3 is 6.03 Å². The Balaban J connectivity index is 1.93. The Morgan fingerprint density at radius 3 is 2.00 bits per heavy atom. The Morgan fingerprint density at radius 1 is 0.941 bits per heavy atom. The number of thioether (sulfide) groups is 1. The first-order valence-corrected chi connectivity index (χ1v) is 7.80. The second kappa shape index (κ2) is 5.98. The van der Waals surface area contributed by atoms with Gasteiger partial charge in [-0.1, -0.05) is 26.7 Å². The zero-order valence-corrected chi connectivity index (χ0v) is 11.8. The van der Waals surface area contributed by atoms with Crippen molar-refractivity contribution in [1.82, 2.24) is 9.80 Å². The van der Waals surface area contributed by atoms with Gasteiger partial charge in [0, 0.05) is 36.7 Å². The summed E-state index contributed by atoms with van der Waals surface area (Å²) in [4.78, 5) is 16.6. The van der Waals surface area contributed by atoms with E-state index in [1.165, 1.54) is 25.7 Å². The summed E-state index contributed by atoms with van der Waals surface area (Å²) < 4.78 is 0. The van der Waals surface area contributed by atoms with Crippen LogP contribution in [0.1, 0.15) is 39.5 Å². The SMILES string of the molecule is CC1CN(C(=O)N2CCCCCC2)CC(C)S1. The maximum Gasteiger partial charge on any atom is 0.320 e. The van der Waals surface area contributed by atoms with E-state index in [0.717, 1.165) is 26.2 Å². The van der Waals surface area contributed by atoms with Crippen LogP contribution in [0.25, 0.3) is 0 Å². The lowest BCUT2D eigenvalue weighted by Crippen LogP contribution is -2.50. The quantitative estimate of drug-likeness (QED) is 0.665. The molecule has 17 heavy (non-hydrogen) atoms. The van der Waals surface area contributed by atoms with Crippen molar-refractivity contribution in [2.75, 3.05) is 26.2 Å². The number of urea groups is 1. The lowest BCUT2D eigenvalue weighted by molar-refractivity contribution is 0.153. The normalized spacial score (nSPS) is 31.2. The molecule has 0 aromatic rings. The highest BCUT2D eigenvalue weighted by molar-refractivity contribution is 8.00. The third-order valence-corrected chi connectivity index (χ3v) is 4.79. The summed E-state index contributed by atoms with van der Waals surface area (Å²) in [5, 5.41) is 1.16. The largest absolute Gasteiger partial charge is 0.325 e. The summed E-state index contributed by atoms with van der Waals surface area (Å²) in [6, 6.07) is 0.283. The molecule has 0 spiro atoms. The van der Waals surface area contributed by atoms with Crippen LogP contribution in [0.3, 0.4) is 0 Å². The Labute approximate surface area is 109 Å². The van der Waals surface area contributed by atoms with E-state index < -0.39 is 0 Å². The monoisotopic (exact) mass is 256 g/mol. The summed E-state index contributed by atoms with van der Waals surface area (Å²) in [6.07, 6.45) is 4.93. The minimum absolute atomic E-state index is 0.283. The Bertz CT molecular complexity index is 254. The summed E-state index contributed by atoms with van der Waals surface area (Å²) >= 11 is 2.00. The molecule has 0 saturated carbocycles. The second-order valence-electron chi connectivity index (χ2n) is 5.35. The first-order valence-electron chi connectivity index (χ1n) is 6.86. The molecule has 2 unspecified atom stereocenters. The number of hydrogen-bond acceptors (Lipinski definition) is 2. The summed E-state index contributed by atoms with van der Waals surface area (Å²) in [5.41, 5.74) is 0. The molecule has 0 aliphatic carbocycles. The van der Waals surface area contributed by atoms with Crippen LogP contribution in [0.5, 0.6) is 0 Å². The molecule has 98 valence electrons. The van der Waals surface area contributed by atoms with Crippen molar-refractivity contribution in [1.29, 1.82) is 0 Å². The summed E-state index contributed by atoms with van der Waals surface area (Å²) in [6.45, 7) is 8.22. The summed E-state index contributed by atoms with van der Waals surface area (Å²) in [5.74, 6) is 0. The number of carbonyl (C=O) groups is 1. The van der Waals surface area contributed by atoms with E-state index in [1.807, 2.05) is 11.8 Å². The van der Waals surface area contributed by atoms with Crippen molar-refractivity contribution in [3.8, 4) is 0 Å². The minimum atomic E-state index is 0.283. The van der Waals surface area contributed by atoms with Crippen molar-refractivity contribution in [2.45, 2.75) is 50.0 Å². The second-order valence-corrected chi connectivity index (χ2v) is 7.23. The van der Waals surface area contributed by atoms with Gasteiger partial charge in [0.2, 0.25) is 0 Å². The van der Waals surface area contributed by atoms with E-state index in [9.17, 15) is 4.79 Å². The van der Waals surface area contributed by atoms with E-state index >= 15 is 0 Å². The van der Waals surface area contributed by atoms with Gasteiger partial charge < -0.3 is 9.80 Å². The average Bonchev–Trinajstić information content (AvgIpc) is 2.55. The first kappa shape index (κ1) is 13.1. The summed E-state index contributed by atoms with van der Waals surface area (Å²) in [7, 11) is 0. The molecule has 2 atom stereocenters. The van der Waals surface area contributed by atoms with E-state index in [2.05, 4.69) is 23.6 Å². The van der Waals surface area contributed by atoms with Gasteiger partial charge in [-0.15, -0.1) is 0 Å². The molecule has 3 nitrogen and oxygen atoms in total.